The summed E-state index contributed by atoms with van der Waals surface area (Å²) in [6.45, 7) is 0.644. The van der Waals surface area contributed by atoms with Crippen molar-refractivity contribution in [2.24, 2.45) is 5.92 Å². The van der Waals surface area contributed by atoms with Crippen molar-refractivity contribution in [2.45, 2.75) is 42.6 Å². The lowest BCUT2D eigenvalue weighted by atomic mass is 9.76. The zero-order valence-electron chi connectivity index (χ0n) is 15.8. The fraction of sp³-hybridized carbons (Fsp3) is 0.529. The molecule has 1 heterocycles. The van der Waals surface area contributed by atoms with E-state index in [1.54, 1.807) is 0 Å². The van der Waals surface area contributed by atoms with Gasteiger partial charge in [0.1, 0.15) is 5.92 Å². The molecule has 32 heavy (non-hydrogen) atoms. The van der Waals surface area contributed by atoms with Crippen molar-refractivity contribution in [3.05, 3.63) is 35.9 Å². The Hall–Kier alpha value is -2.29. The van der Waals surface area contributed by atoms with E-state index >= 15 is 0 Å². The number of esters is 1. The van der Waals surface area contributed by atoms with E-state index in [0.29, 0.717) is 0 Å². The van der Waals surface area contributed by atoms with Crippen molar-refractivity contribution < 1.29 is 54.2 Å². The van der Waals surface area contributed by atoms with Crippen LogP contribution in [0.25, 0.3) is 0 Å². The summed E-state index contributed by atoms with van der Waals surface area (Å²) >= 11 is 4.57. The third-order valence-electron chi connectivity index (χ3n) is 4.70. The smallest absolute Gasteiger partial charge is 0.460 e. The second-order valence-electron chi connectivity index (χ2n) is 6.70. The molecule has 15 heteroatoms. The van der Waals surface area contributed by atoms with Crippen LogP contribution >= 0.6 is 12.2 Å². The summed E-state index contributed by atoms with van der Waals surface area (Å²) in [5, 5.41) is 13.0. The largest absolute Gasteiger partial charge is 0.466 e. The van der Waals surface area contributed by atoms with Gasteiger partial charge in [-0.3, -0.25) is 4.79 Å². The first-order valence-electron chi connectivity index (χ1n) is 8.68. The minimum Gasteiger partial charge on any atom is -0.466 e. The normalized spacial score (nSPS) is 25.0. The highest BCUT2D eigenvalue weighted by atomic mass is 32.1. The number of carbonyl (C=O) groups is 1. The van der Waals surface area contributed by atoms with Crippen molar-refractivity contribution >= 4 is 23.3 Å². The summed E-state index contributed by atoms with van der Waals surface area (Å²) in [6, 6.07) is 4.55. The summed E-state index contributed by atoms with van der Waals surface area (Å²) in [4.78, 5) is 12.4. The van der Waals surface area contributed by atoms with Gasteiger partial charge in [0, 0.05) is 0 Å². The number of hydrogen-bond donors (Lipinski definition) is 3. The third-order valence-corrected chi connectivity index (χ3v) is 4.92. The zero-order valence-corrected chi connectivity index (χ0v) is 16.6. The lowest BCUT2D eigenvalue weighted by molar-refractivity contribution is -0.422. The molecule has 180 valence electrons. The Labute approximate surface area is 179 Å². The van der Waals surface area contributed by atoms with Crippen molar-refractivity contribution in [3.8, 4) is 0 Å². The fourth-order valence-corrected chi connectivity index (χ4v) is 3.40. The van der Waals surface area contributed by atoms with Crippen molar-refractivity contribution in [1.29, 1.82) is 0 Å². The van der Waals surface area contributed by atoms with Crippen LogP contribution in [-0.2, 0) is 9.53 Å². The predicted molar refractivity (Wildman–Crippen MR) is 94.0 cm³/mol. The van der Waals surface area contributed by atoms with Gasteiger partial charge in [0.2, 0.25) is 5.72 Å². The van der Waals surface area contributed by atoms with Crippen LogP contribution in [0.15, 0.2) is 30.3 Å². The van der Waals surface area contributed by atoms with Gasteiger partial charge < -0.3 is 20.5 Å². The molecule has 3 atom stereocenters. The van der Waals surface area contributed by atoms with Gasteiger partial charge in [0.25, 0.3) is 0 Å². The number of carbonyl (C=O) groups excluding carboxylic acids is 1. The number of alkyl halides is 9. The Bertz CT molecular complexity index is 867. The summed E-state index contributed by atoms with van der Waals surface area (Å²) in [6.07, 6.45) is -7.12. The molecule has 1 aromatic rings. The second-order valence-corrected chi connectivity index (χ2v) is 7.11. The average molecular weight is 498 g/mol. The molecular formula is C17H15F9N2O3S. The maximum absolute atomic E-state index is 14.9. The van der Waals surface area contributed by atoms with Crippen LogP contribution in [0, 0.1) is 5.92 Å². The lowest BCUT2D eigenvalue weighted by Gasteiger charge is -2.50. The van der Waals surface area contributed by atoms with E-state index in [9.17, 15) is 49.4 Å². The molecule has 0 saturated carbocycles. The molecule has 1 fully saturated rings. The molecule has 0 radical (unpaired) electrons. The molecule has 2 rings (SSSR count). The van der Waals surface area contributed by atoms with Crippen LogP contribution in [0.1, 0.15) is 18.5 Å². The summed E-state index contributed by atoms with van der Waals surface area (Å²) in [7, 11) is 0. The van der Waals surface area contributed by atoms with Crippen LogP contribution in [0.5, 0.6) is 0 Å². The molecule has 3 N–H and O–H groups in total. The Morgan fingerprint density at radius 3 is 2.06 bits per heavy atom. The highest BCUT2D eigenvalue weighted by molar-refractivity contribution is 7.80. The van der Waals surface area contributed by atoms with Gasteiger partial charge in [-0.25, -0.2) is 0 Å². The number of benzene rings is 1. The van der Waals surface area contributed by atoms with Crippen LogP contribution in [-0.4, -0.2) is 52.5 Å². The maximum atomic E-state index is 14.9. The summed E-state index contributed by atoms with van der Waals surface area (Å²) in [5.41, 5.74) is -4.84. The lowest BCUT2D eigenvalue weighted by Crippen LogP contribution is -2.80. The number of rotatable bonds is 6. The number of hydrogen-bond acceptors (Lipinski definition) is 4. The van der Waals surface area contributed by atoms with E-state index in [-0.39, 0.29) is 5.56 Å². The van der Waals surface area contributed by atoms with Crippen molar-refractivity contribution in [3.63, 3.8) is 0 Å². The van der Waals surface area contributed by atoms with E-state index < -0.39 is 59.3 Å². The Morgan fingerprint density at radius 2 is 1.59 bits per heavy atom. The predicted octanol–water partition coefficient (Wildman–Crippen LogP) is 3.54. The molecule has 1 aromatic carbocycles. The maximum Gasteiger partial charge on any atom is 0.460 e. The standard InChI is InChI=1S/C17H15F9N2O3S/c1-2-31-11(29)9-10(8-6-4-3-5-7-8)27-12(32)28-13(9,30)14(18,19)15(20,21)16(22,23)17(24,25)26/h3-7,9-10,30H,2H2,1H3,(H2,27,28,32)/t9-,10+,13+/m0/s1. The number of ether oxygens (including phenoxy) is 1. The van der Waals surface area contributed by atoms with Crippen molar-refractivity contribution in [1.82, 2.24) is 10.6 Å². The SMILES string of the molecule is CCOC(=O)[C@@H]1[C@@H](c2ccccc2)NC(=S)N[C@]1(O)C(F)(F)C(F)(F)C(F)(F)C(F)(F)F. The van der Waals surface area contributed by atoms with Crippen LogP contribution < -0.4 is 10.6 Å². The molecule has 0 aromatic heterocycles. The van der Waals surface area contributed by atoms with Crippen LogP contribution in [0.2, 0.25) is 0 Å². The Balaban J connectivity index is 2.75. The van der Waals surface area contributed by atoms with E-state index in [0.717, 1.165) is 0 Å². The fourth-order valence-electron chi connectivity index (χ4n) is 3.12. The highest BCUT2D eigenvalue weighted by Crippen LogP contribution is 2.58. The molecule has 0 aliphatic carbocycles. The van der Waals surface area contributed by atoms with E-state index in [1.165, 1.54) is 42.6 Å². The van der Waals surface area contributed by atoms with E-state index in [2.05, 4.69) is 22.3 Å². The molecule has 5 nitrogen and oxygen atoms in total. The van der Waals surface area contributed by atoms with Gasteiger partial charge in [-0.2, -0.15) is 39.5 Å². The Morgan fingerprint density at radius 1 is 1.06 bits per heavy atom. The van der Waals surface area contributed by atoms with Gasteiger partial charge >= 0.3 is 29.9 Å². The van der Waals surface area contributed by atoms with Crippen LogP contribution in [0.3, 0.4) is 0 Å². The summed E-state index contributed by atoms with van der Waals surface area (Å²) < 4.78 is 127. The average Bonchev–Trinajstić information content (AvgIpc) is 2.66. The molecule has 0 spiro atoms. The molecule has 0 bridgehead atoms. The van der Waals surface area contributed by atoms with Gasteiger partial charge in [-0.15, -0.1) is 0 Å². The van der Waals surface area contributed by atoms with Crippen molar-refractivity contribution in [2.75, 3.05) is 6.61 Å². The molecule has 1 aliphatic heterocycles. The Kier molecular flexibility index (Phi) is 6.69. The minimum atomic E-state index is -7.30. The van der Waals surface area contributed by atoms with E-state index in [1.807, 2.05) is 0 Å². The van der Waals surface area contributed by atoms with Gasteiger partial charge in [0.05, 0.1) is 12.6 Å². The molecule has 1 aliphatic rings. The number of thiocarbonyl (C=S) groups is 1. The van der Waals surface area contributed by atoms with E-state index in [4.69, 9.17) is 0 Å². The highest BCUT2D eigenvalue weighted by Gasteiger charge is 2.87. The first-order chi connectivity index (χ1) is 14.5. The van der Waals surface area contributed by atoms with Crippen LogP contribution in [0.4, 0.5) is 39.5 Å². The van der Waals surface area contributed by atoms with Gasteiger partial charge in [-0.05, 0) is 24.7 Å². The quantitative estimate of drug-likeness (QED) is 0.317. The number of halogens is 9. The zero-order chi connectivity index (χ0) is 24.8. The number of aliphatic hydroxyl groups is 1. The minimum absolute atomic E-state index is 0.116. The second kappa shape index (κ2) is 8.24. The first kappa shape index (κ1) is 26.0. The molecule has 0 amide bonds. The molecule has 1 saturated heterocycles. The monoisotopic (exact) mass is 498 g/mol. The summed E-state index contributed by atoms with van der Waals surface area (Å²) in [5.74, 6) is -25.8. The first-order valence-corrected chi connectivity index (χ1v) is 9.09. The molecule has 0 unspecified atom stereocenters. The van der Waals surface area contributed by atoms with Gasteiger partial charge in [0.15, 0.2) is 5.11 Å². The van der Waals surface area contributed by atoms with Gasteiger partial charge in [-0.1, -0.05) is 30.3 Å². The molecular weight excluding hydrogens is 483 g/mol. The number of nitrogens with one attached hydrogen (secondary N) is 2. The topological polar surface area (TPSA) is 70.6 Å². The third kappa shape index (κ3) is 3.84.